The smallest absolute Gasteiger partial charge is 0.116 e. The Kier molecular flexibility index (Phi) is 1.27. The van der Waals surface area contributed by atoms with Crippen molar-refractivity contribution in [2.45, 2.75) is 25.4 Å². The third-order valence-electron chi connectivity index (χ3n) is 1.88. The fourth-order valence-electron chi connectivity index (χ4n) is 0.776. The van der Waals surface area contributed by atoms with Gasteiger partial charge < -0.3 is 5.11 Å². The number of hydrogen-bond donors (Lipinski definition) is 1. The third kappa shape index (κ3) is 0.848. The zero-order valence-corrected chi connectivity index (χ0v) is 5.02. The van der Waals surface area contributed by atoms with Gasteiger partial charge in [-0.05, 0) is 12.8 Å². The summed E-state index contributed by atoms with van der Waals surface area (Å²) in [4.78, 5) is 0. The average Bonchev–Trinajstić information content (AvgIpc) is 2.47. The van der Waals surface area contributed by atoms with Gasteiger partial charge in [-0.25, -0.2) is 4.39 Å². The van der Waals surface area contributed by atoms with Gasteiger partial charge in [-0.2, -0.15) is 0 Å². The van der Waals surface area contributed by atoms with Crippen LogP contribution in [0, 0.1) is 5.92 Å². The third-order valence-corrected chi connectivity index (χ3v) is 1.88. The standard InChI is InChI=1S/C6H11FO/c1-5(4-8)6(7)2-3-6/h5,8H,2-4H2,1H3. The average molecular weight is 118 g/mol. The Bertz CT molecular complexity index is 88.5. The molecule has 8 heavy (non-hydrogen) atoms. The molecule has 0 aromatic carbocycles. The molecule has 0 bridgehead atoms. The molecule has 2 heteroatoms. The molecule has 0 heterocycles. The topological polar surface area (TPSA) is 20.2 Å². The first-order chi connectivity index (χ1) is 3.69. The molecule has 1 aliphatic carbocycles. The Morgan fingerprint density at radius 2 is 2.25 bits per heavy atom. The number of halogens is 1. The van der Waals surface area contributed by atoms with E-state index < -0.39 is 5.67 Å². The van der Waals surface area contributed by atoms with E-state index in [-0.39, 0.29) is 12.5 Å². The van der Waals surface area contributed by atoms with Gasteiger partial charge in [0.1, 0.15) is 5.67 Å². The summed E-state index contributed by atoms with van der Waals surface area (Å²) >= 11 is 0. The molecule has 1 nitrogen and oxygen atoms in total. The van der Waals surface area contributed by atoms with Crippen LogP contribution in [0.5, 0.6) is 0 Å². The van der Waals surface area contributed by atoms with Crippen LogP contribution >= 0.6 is 0 Å². The quantitative estimate of drug-likeness (QED) is 0.576. The minimum Gasteiger partial charge on any atom is -0.396 e. The first-order valence-electron chi connectivity index (χ1n) is 2.99. The van der Waals surface area contributed by atoms with Crippen LogP contribution < -0.4 is 0 Å². The Morgan fingerprint density at radius 1 is 1.75 bits per heavy atom. The van der Waals surface area contributed by atoms with Gasteiger partial charge in [0.2, 0.25) is 0 Å². The van der Waals surface area contributed by atoms with Gasteiger partial charge in [-0.1, -0.05) is 6.92 Å². The fraction of sp³-hybridized carbons (Fsp3) is 1.00. The Labute approximate surface area is 48.5 Å². The fourth-order valence-corrected chi connectivity index (χ4v) is 0.776. The molecule has 0 aromatic heterocycles. The van der Waals surface area contributed by atoms with Crippen LogP contribution in [0.2, 0.25) is 0 Å². The van der Waals surface area contributed by atoms with E-state index in [9.17, 15) is 4.39 Å². The summed E-state index contributed by atoms with van der Waals surface area (Å²) < 4.78 is 12.7. The zero-order chi connectivity index (χ0) is 6.20. The molecule has 0 aliphatic heterocycles. The molecule has 0 radical (unpaired) electrons. The molecular weight excluding hydrogens is 107 g/mol. The molecule has 0 aromatic rings. The summed E-state index contributed by atoms with van der Waals surface area (Å²) in [6.45, 7) is 1.73. The lowest BCUT2D eigenvalue weighted by molar-refractivity contribution is 0.135. The molecule has 48 valence electrons. The van der Waals surface area contributed by atoms with Crippen LogP contribution in [0.25, 0.3) is 0 Å². The van der Waals surface area contributed by atoms with Crippen molar-refractivity contribution >= 4 is 0 Å². The second-order valence-electron chi connectivity index (χ2n) is 2.62. The van der Waals surface area contributed by atoms with Gasteiger partial charge in [-0.15, -0.1) is 0 Å². The minimum absolute atomic E-state index is 0.0174. The molecule has 1 unspecified atom stereocenters. The number of aliphatic hydroxyl groups excluding tert-OH is 1. The normalized spacial score (nSPS) is 27.4. The maximum atomic E-state index is 12.7. The van der Waals surface area contributed by atoms with Crippen LogP contribution in [0.3, 0.4) is 0 Å². The zero-order valence-electron chi connectivity index (χ0n) is 5.02. The largest absolute Gasteiger partial charge is 0.396 e. The van der Waals surface area contributed by atoms with E-state index in [2.05, 4.69) is 0 Å². The van der Waals surface area contributed by atoms with Crippen molar-refractivity contribution < 1.29 is 9.50 Å². The number of aliphatic hydroxyl groups is 1. The molecule has 1 aliphatic rings. The van der Waals surface area contributed by atoms with Gasteiger partial charge >= 0.3 is 0 Å². The van der Waals surface area contributed by atoms with Gasteiger partial charge in [0, 0.05) is 12.5 Å². The molecule has 0 spiro atoms. The lowest BCUT2D eigenvalue weighted by Crippen LogP contribution is -2.16. The minimum atomic E-state index is -0.991. The second kappa shape index (κ2) is 1.69. The van der Waals surface area contributed by atoms with Gasteiger partial charge in [-0.3, -0.25) is 0 Å². The van der Waals surface area contributed by atoms with Crippen molar-refractivity contribution in [3.8, 4) is 0 Å². The van der Waals surface area contributed by atoms with E-state index in [1.54, 1.807) is 6.92 Å². The molecule has 1 N–H and O–H groups in total. The van der Waals surface area contributed by atoms with Crippen molar-refractivity contribution in [2.24, 2.45) is 5.92 Å². The SMILES string of the molecule is CC(CO)C1(F)CC1. The molecule has 1 atom stereocenters. The molecule has 1 rings (SSSR count). The lowest BCUT2D eigenvalue weighted by Gasteiger charge is -2.10. The van der Waals surface area contributed by atoms with Crippen molar-refractivity contribution in [3.63, 3.8) is 0 Å². The molecule has 0 saturated heterocycles. The number of alkyl halides is 1. The maximum absolute atomic E-state index is 12.7. The summed E-state index contributed by atoms with van der Waals surface area (Å²) in [6, 6.07) is 0. The van der Waals surface area contributed by atoms with Gasteiger partial charge in [0.05, 0.1) is 0 Å². The first kappa shape index (κ1) is 6.02. The summed E-state index contributed by atoms with van der Waals surface area (Å²) in [5.74, 6) is -0.150. The molecule has 1 saturated carbocycles. The van der Waals surface area contributed by atoms with E-state index in [0.29, 0.717) is 12.8 Å². The summed E-state index contributed by atoms with van der Waals surface area (Å²) in [5, 5.41) is 8.47. The van der Waals surface area contributed by atoms with Crippen molar-refractivity contribution in [2.75, 3.05) is 6.61 Å². The maximum Gasteiger partial charge on any atom is 0.116 e. The van der Waals surface area contributed by atoms with Crippen LogP contribution in [0.15, 0.2) is 0 Å². The Morgan fingerprint density at radius 3 is 2.38 bits per heavy atom. The van der Waals surface area contributed by atoms with Crippen LogP contribution in [-0.4, -0.2) is 17.4 Å². The highest BCUT2D eigenvalue weighted by Gasteiger charge is 2.47. The summed E-state index contributed by atoms with van der Waals surface area (Å²) in [5.41, 5.74) is -0.991. The van der Waals surface area contributed by atoms with Crippen molar-refractivity contribution in [3.05, 3.63) is 0 Å². The van der Waals surface area contributed by atoms with Crippen LogP contribution in [-0.2, 0) is 0 Å². The highest BCUT2D eigenvalue weighted by molar-refractivity contribution is 4.97. The van der Waals surface area contributed by atoms with E-state index in [1.807, 2.05) is 0 Å². The molecule has 0 amide bonds. The van der Waals surface area contributed by atoms with Crippen molar-refractivity contribution in [1.82, 2.24) is 0 Å². The molecule has 1 fully saturated rings. The van der Waals surface area contributed by atoms with E-state index in [4.69, 9.17) is 5.11 Å². The lowest BCUT2D eigenvalue weighted by atomic mass is 10.1. The highest BCUT2D eigenvalue weighted by atomic mass is 19.1. The van der Waals surface area contributed by atoms with Crippen LogP contribution in [0.4, 0.5) is 4.39 Å². The van der Waals surface area contributed by atoms with Crippen LogP contribution in [0.1, 0.15) is 19.8 Å². The van der Waals surface area contributed by atoms with Crippen molar-refractivity contribution in [1.29, 1.82) is 0 Å². The number of hydrogen-bond acceptors (Lipinski definition) is 1. The summed E-state index contributed by atoms with van der Waals surface area (Å²) in [7, 11) is 0. The van der Waals surface area contributed by atoms with Gasteiger partial charge in [0.25, 0.3) is 0 Å². The molecular formula is C6H11FO. The van der Waals surface area contributed by atoms with Gasteiger partial charge in [0.15, 0.2) is 0 Å². The first-order valence-corrected chi connectivity index (χ1v) is 2.99. The number of rotatable bonds is 2. The summed E-state index contributed by atoms with van der Waals surface area (Å²) in [6.07, 6.45) is 1.30. The van der Waals surface area contributed by atoms with E-state index >= 15 is 0 Å². The predicted octanol–water partition coefficient (Wildman–Crippen LogP) is 1.12. The second-order valence-corrected chi connectivity index (χ2v) is 2.62. The Balaban J connectivity index is 2.34. The van der Waals surface area contributed by atoms with E-state index in [1.165, 1.54) is 0 Å². The Hall–Kier alpha value is -0.110. The highest BCUT2D eigenvalue weighted by Crippen LogP contribution is 2.45. The predicted molar refractivity (Wildman–Crippen MR) is 29.3 cm³/mol. The van der Waals surface area contributed by atoms with E-state index in [0.717, 1.165) is 0 Å². The monoisotopic (exact) mass is 118 g/mol.